The van der Waals surface area contributed by atoms with Crippen LogP contribution in [0.2, 0.25) is 0 Å². The number of H-pyrrole nitrogens is 1. The number of amides is 5. The molecule has 5 amide bonds. The van der Waals surface area contributed by atoms with Crippen molar-refractivity contribution < 1.29 is 33.4 Å². The second kappa shape index (κ2) is 14.3. The number of nitrogens with one attached hydrogen (secondary N) is 3. The van der Waals surface area contributed by atoms with Crippen LogP contribution in [0.4, 0.5) is 9.59 Å². The third kappa shape index (κ3) is 7.93. The summed E-state index contributed by atoms with van der Waals surface area (Å²) in [5.41, 5.74) is 1.76. The van der Waals surface area contributed by atoms with Crippen molar-refractivity contribution in [1.82, 2.24) is 25.4 Å². The van der Waals surface area contributed by atoms with Gasteiger partial charge in [0.2, 0.25) is 11.8 Å². The van der Waals surface area contributed by atoms with Crippen molar-refractivity contribution in [3.8, 4) is 0 Å². The molecule has 0 unspecified atom stereocenters. The lowest BCUT2D eigenvalue weighted by molar-refractivity contribution is -0.155. The number of nitrogens with zero attached hydrogens (tertiary/aromatic N) is 2. The summed E-state index contributed by atoms with van der Waals surface area (Å²) < 4.78 is 10.8. The lowest BCUT2D eigenvalue weighted by Crippen LogP contribution is -2.68. The minimum Gasteiger partial charge on any atom is -0.464 e. The summed E-state index contributed by atoms with van der Waals surface area (Å²) >= 11 is 0. The molecular weight excluding hydrogens is 602 g/mol. The highest BCUT2D eigenvalue weighted by molar-refractivity contribution is 6.01. The predicted molar refractivity (Wildman–Crippen MR) is 174 cm³/mol. The van der Waals surface area contributed by atoms with Crippen molar-refractivity contribution in [2.75, 3.05) is 13.2 Å². The van der Waals surface area contributed by atoms with E-state index < -0.39 is 59.7 Å². The van der Waals surface area contributed by atoms with Gasteiger partial charge in [0, 0.05) is 48.9 Å². The number of alkyl carbamates (subject to hydrolysis) is 1. The number of imide groups is 1. The summed E-state index contributed by atoms with van der Waals surface area (Å²) in [5.74, 6) is -1.61. The molecule has 0 aliphatic carbocycles. The molecule has 2 saturated heterocycles. The second-order valence-corrected chi connectivity index (χ2v) is 13.0. The number of para-hydroxylation sites is 1. The number of ether oxygens (including phenoxy) is 2. The monoisotopic (exact) mass is 645 g/mol. The smallest absolute Gasteiger partial charge is 0.408 e. The number of piperidine rings is 1. The maximum atomic E-state index is 13.9. The third-order valence-electron chi connectivity index (χ3n) is 8.46. The van der Waals surface area contributed by atoms with E-state index in [1.165, 1.54) is 0 Å². The Hall–Kier alpha value is -4.87. The normalized spacial score (nSPS) is 19.5. The van der Waals surface area contributed by atoms with Gasteiger partial charge in [-0.1, -0.05) is 48.5 Å². The summed E-state index contributed by atoms with van der Waals surface area (Å²) in [6, 6.07) is 13.0. The molecule has 2 aliphatic heterocycles. The van der Waals surface area contributed by atoms with Crippen molar-refractivity contribution >= 4 is 40.8 Å². The lowest BCUT2D eigenvalue weighted by Gasteiger charge is -2.48. The van der Waals surface area contributed by atoms with Crippen LogP contribution in [-0.4, -0.2) is 87.6 Å². The van der Waals surface area contributed by atoms with Crippen LogP contribution in [0.15, 0.2) is 60.8 Å². The van der Waals surface area contributed by atoms with Crippen LogP contribution in [0.5, 0.6) is 0 Å². The molecule has 4 atom stereocenters. The summed E-state index contributed by atoms with van der Waals surface area (Å²) in [6.45, 7) is 7.38. The molecule has 3 aromatic rings. The maximum Gasteiger partial charge on any atom is 0.408 e. The van der Waals surface area contributed by atoms with Gasteiger partial charge in [-0.3, -0.25) is 9.59 Å². The molecule has 5 rings (SSSR count). The summed E-state index contributed by atoms with van der Waals surface area (Å²) in [4.78, 5) is 73.2. The zero-order chi connectivity index (χ0) is 33.7. The highest BCUT2D eigenvalue weighted by Crippen LogP contribution is 2.30. The first-order valence-electron chi connectivity index (χ1n) is 16.1. The topological polar surface area (TPSA) is 150 Å². The number of esters is 1. The molecule has 12 nitrogen and oxygen atoms in total. The van der Waals surface area contributed by atoms with Gasteiger partial charge in [-0.15, -0.1) is 0 Å². The van der Waals surface area contributed by atoms with Crippen LogP contribution < -0.4 is 10.6 Å². The molecular formula is C35H43N5O7. The van der Waals surface area contributed by atoms with Gasteiger partial charge < -0.3 is 30.0 Å². The Morgan fingerprint density at radius 3 is 2.47 bits per heavy atom. The number of carbonyl (C=O) groups is 5. The fourth-order valence-corrected chi connectivity index (χ4v) is 6.36. The summed E-state index contributed by atoms with van der Waals surface area (Å²) in [6.07, 6.45) is 2.42. The van der Waals surface area contributed by atoms with Crippen LogP contribution >= 0.6 is 0 Å². The standard InChI is InChI=1S/C35H43N5O7/c1-5-46-32(43)29(18-22-12-7-6-8-13-22)40-30(41)20-28-26(16-11-17-39(28)34(40)45)37-31(42)27(38-33(44)47-35(2,3)4)19-23-21-36-25-15-10-9-14-24(23)25/h6-10,12-15,21,26-29,36H,5,11,16-20H2,1-4H3,(H,37,42)(H,38,44)/t26-,27+,28+,29+/m1/s1. The Morgan fingerprint density at radius 2 is 1.74 bits per heavy atom. The number of carbonyl (C=O) groups excluding carboxylic acids is 5. The highest BCUT2D eigenvalue weighted by atomic mass is 16.6. The summed E-state index contributed by atoms with van der Waals surface area (Å²) in [5, 5.41) is 6.70. The average molecular weight is 646 g/mol. The van der Waals surface area contributed by atoms with Gasteiger partial charge in [-0.25, -0.2) is 19.3 Å². The Balaban J connectivity index is 1.35. The van der Waals surface area contributed by atoms with E-state index in [0.717, 1.165) is 26.9 Å². The van der Waals surface area contributed by atoms with Crippen molar-refractivity contribution in [1.29, 1.82) is 0 Å². The van der Waals surface area contributed by atoms with Crippen molar-refractivity contribution in [2.45, 2.75) is 89.6 Å². The Kier molecular flexibility index (Phi) is 10.2. The zero-order valence-electron chi connectivity index (χ0n) is 27.3. The Labute approximate surface area is 274 Å². The van der Waals surface area contributed by atoms with Gasteiger partial charge in [0.15, 0.2) is 0 Å². The van der Waals surface area contributed by atoms with Gasteiger partial charge in [0.1, 0.15) is 17.7 Å². The quantitative estimate of drug-likeness (QED) is 0.281. The zero-order valence-corrected chi connectivity index (χ0v) is 27.3. The molecule has 3 heterocycles. The van der Waals surface area contributed by atoms with Crippen LogP contribution in [0, 0.1) is 0 Å². The Bertz CT molecular complexity index is 1610. The van der Waals surface area contributed by atoms with Crippen LogP contribution in [0.3, 0.4) is 0 Å². The van der Waals surface area contributed by atoms with E-state index in [1.54, 1.807) is 32.6 Å². The molecule has 0 bridgehead atoms. The van der Waals surface area contributed by atoms with Gasteiger partial charge in [-0.2, -0.15) is 0 Å². The number of aromatic nitrogens is 1. The van der Waals surface area contributed by atoms with Gasteiger partial charge >= 0.3 is 18.1 Å². The molecule has 12 heteroatoms. The molecule has 0 saturated carbocycles. The lowest BCUT2D eigenvalue weighted by atomic mass is 9.90. The van der Waals surface area contributed by atoms with E-state index >= 15 is 0 Å². The van der Waals surface area contributed by atoms with Gasteiger partial charge in [-0.05, 0) is 57.7 Å². The average Bonchev–Trinajstić information content (AvgIpc) is 3.43. The predicted octanol–water partition coefficient (Wildman–Crippen LogP) is 4.08. The highest BCUT2D eigenvalue weighted by Gasteiger charge is 2.48. The first-order chi connectivity index (χ1) is 22.4. The van der Waals surface area contributed by atoms with E-state index in [0.29, 0.717) is 19.4 Å². The number of hydrogen-bond donors (Lipinski definition) is 3. The minimum atomic E-state index is -1.12. The van der Waals surface area contributed by atoms with Crippen molar-refractivity contribution in [3.05, 3.63) is 71.9 Å². The Morgan fingerprint density at radius 1 is 1.02 bits per heavy atom. The molecule has 0 radical (unpaired) electrons. The van der Waals surface area contributed by atoms with Crippen molar-refractivity contribution in [3.63, 3.8) is 0 Å². The molecule has 47 heavy (non-hydrogen) atoms. The largest absolute Gasteiger partial charge is 0.464 e. The van der Waals surface area contributed by atoms with Crippen LogP contribution in [0.1, 0.15) is 58.1 Å². The fraction of sp³-hybridized carbons (Fsp3) is 0.457. The summed E-state index contributed by atoms with van der Waals surface area (Å²) in [7, 11) is 0. The second-order valence-electron chi connectivity index (χ2n) is 13.0. The number of aromatic amines is 1. The van der Waals surface area contributed by atoms with Crippen LogP contribution in [0.25, 0.3) is 10.9 Å². The molecule has 1 aromatic heterocycles. The van der Waals surface area contributed by atoms with E-state index in [1.807, 2.05) is 60.8 Å². The van der Waals surface area contributed by atoms with E-state index in [-0.39, 0.29) is 25.9 Å². The van der Waals surface area contributed by atoms with Gasteiger partial charge in [0.05, 0.1) is 12.6 Å². The number of benzene rings is 2. The number of rotatable bonds is 10. The van der Waals surface area contributed by atoms with Crippen LogP contribution in [-0.2, 0) is 36.7 Å². The first kappa shape index (κ1) is 33.5. The maximum absolute atomic E-state index is 13.9. The van der Waals surface area contributed by atoms with E-state index in [9.17, 15) is 24.0 Å². The third-order valence-corrected chi connectivity index (χ3v) is 8.46. The first-order valence-corrected chi connectivity index (χ1v) is 16.1. The number of hydrogen-bond acceptors (Lipinski definition) is 7. The van der Waals surface area contributed by atoms with Crippen molar-refractivity contribution in [2.24, 2.45) is 0 Å². The molecule has 3 N–H and O–H groups in total. The fourth-order valence-electron chi connectivity index (χ4n) is 6.36. The van der Waals surface area contributed by atoms with E-state index in [2.05, 4.69) is 15.6 Å². The number of urea groups is 1. The molecule has 2 aromatic carbocycles. The molecule has 250 valence electrons. The molecule has 2 aliphatic rings. The minimum absolute atomic E-state index is 0.0754. The molecule has 2 fully saturated rings. The molecule has 0 spiro atoms. The SMILES string of the molecule is CCOC(=O)[C@H](Cc1ccccc1)N1C(=O)C[C@H]2[C@H](NC(=O)[C@H](Cc3c[nH]c4ccccc34)NC(=O)OC(C)(C)C)CCCN2C1=O. The van der Waals surface area contributed by atoms with E-state index in [4.69, 9.17) is 9.47 Å². The van der Waals surface area contributed by atoms with Gasteiger partial charge in [0.25, 0.3) is 0 Å². The number of fused-ring (bicyclic) bond motifs is 2.